The Morgan fingerprint density at radius 3 is 2.89 bits per heavy atom. The number of rotatable bonds is 7. The van der Waals surface area contributed by atoms with E-state index in [1.807, 2.05) is 37.9 Å². The molecule has 9 nitrogen and oxygen atoms in total. The van der Waals surface area contributed by atoms with Crippen LogP contribution >= 0.6 is 22.9 Å². The van der Waals surface area contributed by atoms with Crippen molar-refractivity contribution in [1.82, 2.24) is 24.5 Å². The summed E-state index contributed by atoms with van der Waals surface area (Å²) in [6.45, 7) is 4.56. The molecular formula is C24H28N6O3S2. The van der Waals surface area contributed by atoms with Gasteiger partial charge in [0.1, 0.15) is 28.2 Å². The highest BCUT2D eigenvalue weighted by Crippen LogP contribution is 2.42. The number of nitrogens with one attached hydrogen (secondary N) is 1. The number of methoxy groups -OCH3 is 2. The van der Waals surface area contributed by atoms with Gasteiger partial charge in [0.25, 0.3) is 0 Å². The van der Waals surface area contributed by atoms with Gasteiger partial charge in [-0.3, -0.25) is 4.79 Å². The van der Waals surface area contributed by atoms with Crippen molar-refractivity contribution >= 4 is 60.7 Å². The molecule has 1 aromatic carbocycles. The molecule has 0 saturated carbocycles. The Labute approximate surface area is 211 Å². The first-order chi connectivity index (χ1) is 16.8. The third-order valence-corrected chi connectivity index (χ3v) is 8.60. The lowest BCUT2D eigenvalue weighted by atomic mass is 9.86. The molecule has 1 amide bonds. The molecule has 0 saturated heterocycles. The summed E-state index contributed by atoms with van der Waals surface area (Å²) in [5, 5.41) is 8.62. The molecule has 3 aromatic heterocycles. The molecule has 4 aromatic rings. The van der Waals surface area contributed by atoms with Gasteiger partial charge in [0.15, 0.2) is 0 Å². The van der Waals surface area contributed by atoms with Crippen molar-refractivity contribution in [3.63, 3.8) is 0 Å². The van der Waals surface area contributed by atoms with Crippen LogP contribution in [-0.4, -0.2) is 63.8 Å². The molecule has 11 heteroatoms. The Kier molecular flexibility index (Phi) is 6.32. The van der Waals surface area contributed by atoms with Crippen LogP contribution in [0.3, 0.4) is 0 Å². The maximum Gasteiger partial charge on any atom is 0.226 e. The molecule has 0 bridgehead atoms. The summed E-state index contributed by atoms with van der Waals surface area (Å²) in [5.74, 6) is 1.53. The third kappa shape index (κ3) is 4.32. The highest BCUT2D eigenvalue weighted by Gasteiger charge is 2.35. The fraction of sp³-hybridized carbons (Fsp3) is 0.458. The lowest BCUT2D eigenvalue weighted by Gasteiger charge is -2.38. The van der Waals surface area contributed by atoms with E-state index in [0.29, 0.717) is 18.8 Å². The first-order valence-corrected chi connectivity index (χ1v) is 13.0. The maximum absolute atomic E-state index is 13.3. The molecule has 1 aliphatic rings. The number of nitrogens with zero attached hydrogens (tertiary/aromatic N) is 5. The Morgan fingerprint density at radius 2 is 2.11 bits per heavy atom. The molecule has 0 aliphatic heterocycles. The molecule has 5 rings (SSSR count). The van der Waals surface area contributed by atoms with Crippen molar-refractivity contribution in [3.05, 3.63) is 28.9 Å². The molecule has 184 valence electrons. The van der Waals surface area contributed by atoms with E-state index >= 15 is 0 Å². The summed E-state index contributed by atoms with van der Waals surface area (Å²) in [6.07, 6.45) is 3.89. The summed E-state index contributed by atoms with van der Waals surface area (Å²) >= 11 is 2.99. The average Bonchev–Trinajstić information content (AvgIpc) is 3.46. The number of hydrogen-bond acceptors (Lipinski definition) is 10. The molecule has 0 unspecified atom stereocenters. The number of aromatic nitrogens is 4. The summed E-state index contributed by atoms with van der Waals surface area (Å²) in [7, 11) is 5.17. The van der Waals surface area contributed by atoms with Crippen molar-refractivity contribution in [2.75, 3.05) is 33.2 Å². The summed E-state index contributed by atoms with van der Waals surface area (Å²) in [6, 6.07) is 3.86. The van der Waals surface area contributed by atoms with Crippen LogP contribution in [0.15, 0.2) is 18.5 Å². The van der Waals surface area contributed by atoms with E-state index in [9.17, 15) is 4.79 Å². The second kappa shape index (κ2) is 9.29. The number of fused-ring (bicyclic) bond motifs is 4. The second-order valence-electron chi connectivity index (χ2n) is 9.41. The van der Waals surface area contributed by atoms with Crippen LogP contribution in [0.2, 0.25) is 0 Å². The number of amides is 1. The van der Waals surface area contributed by atoms with Gasteiger partial charge in [-0.1, -0.05) is 4.49 Å². The maximum atomic E-state index is 13.3. The predicted molar refractivity (Wildman–Crippen MR) is 139 cm³/mol. The van der Waals surface area contributed by atoms with Crippen molar-refractivity contribution in [3.8, 4) is 5.75 Å². The lowest BCUT2D eigenvalue weighted by Crippen LogP contribution is -2.50. The van der Waals surface area contributed by atoms with Gasteiger partial charge in [0, 0.05) is 31.0 Å². The van der Waals surface area contributed by atoms with E-state index in [4.69, 9.17) is 9.47 Å². The number of carbonyl (C=O) groups is 1. The van der Waals surface area contributed by atoms with E-state index in [1.165, 1.54) is 22.0 Å². The minimum Gasteiger partial charge on any atom is -0.494 e. The first kappa shape index (κ1) is 23.8. The van der Waals surface area contributed by atoms with Crippen molar-refractivity contribution < 1.29 is 14.3 Å². The fourth-order valence-electron chi connectivity index (χ4n) is 4.64. The van der Waals surface area contributed by atoms with E-state index in [2.05, 4.69) is 24.9 Å². The van der Waals surface area contributed by atoms with Gasteiger partial charge in [-0.15, -0.1) is 16.4 Å². The largest absolute Gasteiger partial charge is 0.494 e. The molecule has 1 N–H and O–H groups in total. The van der Waals surface area contributed by atoms with Gasteiger partial charge in [0.2, 0.25) is 5.91 Å². The topological polar surface area (TPSA) is 102 Å². The number of benzene rings is 1. The van der Waals surface area contributed by atoms with Crippen LogP contribution in [0.1, 0.15) is 30.7 Å². The highest BCUT2D eigenvalue weighted by atomic mass is 32.1. The number of thiophene rings is 1. The number of hydrogen-bond donors (Lipinski definition) is 1. The Balaban J connectivity index is 1.45. The van der Waals surface area contributed by atoms with Crippen LogP contribution in [0.25, 0.3) is 20.4 Å². The normalized spacial score (nSPS) is 15.9. The molecule has 35 heavy (non-hydrogen) atoms. The SMILES string of the molecule is COCC(C)(C)N(C)C(=O)[C@H]1CCc2c(sc3ncnc(Nc4cc5snnc5cc4OC)c23)C1. The lowest BCUT2D eigenvalue weighted by molar-refractivity contribution is -0.141. The van der Waals surface area contributed by atoms with Crippen molar-refractivity contribution in [2.24, 2.45) is 5.92 Å². The molecule has 1 aliphatic carbocycles. The zero-order chi connectivity index (χ0) is 24.7. The Bertz CT molecular complexity index is 1400. The zero-order valence-electron chi connectivity index (χ0n) is 20.4. The van der Waals surface area contributed by atoms with Gasteiger partial charge in [-0.05, 0) is 56.3 Å². The van der Waals surface area contributed by atoms with Gasteiger partial charge >= 0.3 is 0 Å². The highest BCUT2D eigenvalue weighted by molar-refractivity contribution is 7.19. The Morgan fingerprint density at radius 1 is 1.29 bits per heavy atom. The molecular weight excluding hydrogens is 484 g/mol. The third-order valence-electron chi connectivity index (χ3n) is 6.75. The van der Waals surface area contributed by atoms with E-state index in [0.717, 1.165) is 44.8 Å². The number of likely N-dealkylation sites (N-methyl/N-ethyl adjacent to an activating group) is 1. The van der Waals surface area contributed by atoms with E-state index in [1.54, 1.807) is 31.9 Å². The van der Waals surface area contributed by atoms with Crippen molar-refractivity contribution in [1.29, 1.82) is 0 Å². The fourth-order valence-corrected chi connectivity index (χ4v) is 6.49. The monoisotopic (exact) mass is 512 g/mol. The van der Waals surface area contributed by atoms with Gasteiger partial charge in [0.05, 0.1) is 35.0 Å². The number of anilines is 2. The minimum atomic E-state index is -0.359. The van der Waals surface area contributed by atoms with Crippen LogP contribution in [0.4, 0.5) is 11.5 Å². The van der Waals surface area contributed by atoms with Crippen LogP contribution in [0.5, 0.6) is 5.75 Å². The predicted octanol–water partition coefficient (Wildman–Crippen LogP) is 4.44. The second-order valence-corrected chi connectivity index (χ2v) is 11.3. The van der Waals surface area contributed by atoms with Crippen molar-refractivity contribution in [2.45, 2.75) is 38.6 Å². The van der Waals surface area contributed by atoms with E-state index < -0.39 is 0 Å². The Hall–Kier alpha value is -2.89. The average molecular weight is 513 g/mol. The molecule has 0 spiro atoms. The van der Waals surface area contributed by atoms with Crippen LogP contribution in [-0.2, 0) is 22.4 Å². The summed E-state index contributed by atoms with van der Waals surface area (Å²) < 4.78 is 15.9. The molecule has 0 fully saturated rings. The number of aryl methyl sites for hydroxylation is 1. The number of carbonyl (C=O) groups excluding carboxylic acids is 1. The number of ether oxygens (including phenoxy) is 2. The molecule has 0 radical (unpaired) electrons. The zero-order valence-corrected chi connectivity index (χ0v) is 22.0. The first-order valence-electron chi connectivity index (χ1n) is 11.4. The smallest absolute Gasteiger partial charge is 0.226 e. The van der Waals surface area contributed by atoms with Gasteiger partial charge < -0.3 is 19.7 Å². The standard InChI is InChI=1S/C24H28N6O3S2/c1-24(2,11-32-4)30(3)23(31)13-6-7-14-18(8-13)34-22-20(14)21(25-12-26-22)27-15-10-19-16(28-29-35-19)9-17(15)33-5/h9-10,12-13H,6-8,11H2,1-5H3,(H,25,26,27)/t13-/m0/s1. The van der Waals surface area contributed by atoms with Gasteiger partial charge in [-0.2, -0.15) is 0 Å². The van der Waals surface area contributed by atoms with Crippen LogP contribution in [0, 0.1) is 5.92 Å². The molecule has 1 atom stereocenters. The minimum absolute atomic E-state index is 0.0533. The summed E-state index contributed by atoms with van der Waals surface area (Å²) in [4.78, 5) is 26.4. The van der Waals surface area contributed by atoms with Crippen LogP contribution < -0.4 is 10.1 Å². The van der Waals surface area contributed by atoms with Gasteiger partial charge in [-0.25, -0.2) is 9.97 Å². The van der Waals surface area contributed by atoms with E-state index in [-0.39, 0.29) is 17.4 Å². The quantitative estimate of drug-likeness (QED) is 0.388. The summed E-state index contributed by atoms with van der Waals surface area (Å²) in [5.41, 5.74) is 2.47. The molecule has 3 heterocycles.